The Morgan fingerprint density at radius 3 is 2.83 bits per heavy atom. The van der Waals surface area contributed by atoms with E-state index in [9.17, 15) is 4.79 Å². The van der Waals surface area contributed by atoms with Crippen LogP contribution in [0.3, 0.4) is 0 Å². The molecule has 0 bridgehead atoms. The van der Waals surface area contributed by atoms with E-state index < -0.39 is 0 Å². The highest BCUT2D eigenvalue weighted by molar-refractivity contribution is 5.94. The standard InChI is InChI=1S/C14H20N2O2/c1-2-18-10-11-5-7-12(8-6-11)16-14(17)13-4-3-9-15-13/h5-8,13,15H,2-4,9-10H2,1H3,(H,16,17)/t13-/m0/s1. The summed E-state index contributed by atoms with van der Waals surface area (Å²) in [4.78, 5) is 11.9. The van der Waals surface area contributed by atoms with Crippen molar-refractivity contribution in [3.05, 3.63) is 29.8 Å². The second-order valence-electron chi connectivity index (χ2n) is 4.47. The van der Waals surface area contributed by atoms with Crippen molar-refractivity contribution < 1.29 is 9.53 Å². The zero-order valence-electron chi connectivity index (χ0n) is 10.7. The SMILES string of the molecule is CCOCc1ccc(NC(=O)[C@@H]2CCCN2)cc1. The minimum Gasteiger partial charge on any atom is -0.377 e. The van der Waals surface area contributed by atoms with Crippen LogP contribution < -0.4 is 10.6 Å². The molecule has 1 aliphatic rings. The molecule has 1 aliphatic heterocycles. The lowest BCUT2D eigenvalue weighted by atomic mass is 10.2. The van der Waals surface area contributed by atoms with Gasteiger partial charge in [-0.1, -0.05) is 12.1 Å². The predicted molar refractivity (Wildman–Crippen MR) is 71.4 cm³/mol. The zero-order valence-corrected chi connectivity index (χ0v) is 10.7. The molecule has 2 rings (SSSR count). The molecule has 0 spiro atoms. The van der Waals surface area contributed by atoms with Gasteiger partial charge in [0.05, 0.1) is 12.6 Å². The summed E-state index contributed by atoms with van der Waals surface area (Å²) >= 11 is 0. The summed E-state index contributed by atoms with van der Waals surface area (Å²) in [5.41, 5.74) is 1.96. The third kappa shape index (κ3) is 3.55. The lowest BCUT2D eigenvalue weighted by Gasteiger charge is -2.11. The largest absolute Gasteiger partial charge is 0.377 e. The molecule has 1 saturated heterocycles. The normalized spacial score (nSPS) is 18.8. The van der Waals surface area contributed by atoms with E-state index in [1.807, 2.05) is 31.2 Å². The first-order valence-corrected chi connectivity index (χ1v) is 6.50. The molecule has 0 aromatic heterocycles. The fourth-order valence-electron chi connectivity index (χ4n) is 2.04. The first kappa shape index (κ1) is 13.1. The number of benzene rings is 1. The van der Waals surface area contributed by atoms with Gasteiger partial charge < -0.3 is 15.4 Å². The third-order valence-electron chi connectivity index (χ3n) is 3.07. The van der Waals surface area contributed by atoms with Crippen molar-refractivity contribution in [3.8, 4) is 0 Å². The zero-order chi connectivity index (χ0) is 12.8. The molecule has 4 heteroatoms. The number of hydrogen-bond donors (Lipinski definition) is 2. The summed E-state index contributed by atoms with van der Waals surface area (Å²) in [6.07, 6.45) is 2.00. The molecule has 0 aliphatic carbocycles. The Kier molecular flexibility index (Phi) is 4.73. The number of nitrogens with one attached hydrogen (secondary N) is 2. The highest BCUT2D eigenvalue weighted by Crippen LogP contribution is 2.13. The molecule has 4 nitrogen and oxygen atoms in total. The molecule has 1 atom stereocenters. The molecule has 1 fully saturated rings. The number of ether oxygens (including phenoxy) is 1. The Balaban J connectivity index is 1.87. The van der Waals surface area contributed by atoms with Gasteiger partial charge in [0.1, 0.15) is 0 Å². The third-order valence-corrected chi connectivity index (χ3v) is 3.07. The van der Waals surface area contributed by atoms with E-state index >= 15 is 0 Å². The summed E-state index contributed by atoms with van der Waals surface area (Å²) in [7, 11) is 0. The molecule has 98 valence electrons. The highest BCUT2D eigenvalue weighted by Gasteiger charge is 2.21. The second kappa shape index (κ2) is 6.52. The van der Waals surface area contributed by atoms with Gasteiger partial charge in [0.2, 0.25) is 5.91 Å². The van der Waals surface area contributed by atoms with Crippen molar-refractivity contribution in [2.75, 3.05) is 18.5 Å². The smallest absolute Gasteiger partial charge is 0.241 e. The van der Waals surface area contributed by atoms with Gasteiger partial charge in [-0.3, -0.25) is 4.79 Å². The van der Waals surface area contributed by atoms with Crippen molar-refractivity contribution in [1.29, 1.82) is 0 Å². The molecule has 0 saturated carbocycles. The van der Waals surface area contributed by atoms with Gasteiger partial charge in [-0.2, -0.15) is 0 Å². The predicted octanol–water partition coefficient (Wildman–Crippen LogP) is 1.91. The topological polar surface area (TPSA) is 50.4 Å². The van der Waals surface area contributed by atoms with Gasteiger partial charge in [0, 0.05) is 12.3 Å². The summed E-state index contributed by atoms with van der Waals surface area (Å²) in [6, 6.07) is 7.76. The number of carbonyl (C=O) groups excluding carboxylic acids is 1. The lowest BCUT2D eigenvalue weighted by Crippen LogP contribution is -2.35. The van der Waals surface area contributed by atoms with Crippen molar-refractivity contribution in [1.82, 2.24) is 5.32 Å². The Hall–Kier alpha value is -1.39. The molecule has 18 heavy (non-hydrogen) atoms. The first-order valence-electron chi connectivity index (χ1n) is 6.50. The van der Waals surface area contributed by atoms with Crippen LogP contribution in [-0.2, 0) is 16.1 Å². The van der Waals surface area contributed by atoms with E-state index in [4.69, 9.17) is 4.74 Å². The van der Waals surface area contributed by atoms with Gasteiger partial charge in [-0.05, 0) is 44.0 Å². The van der Waals surface area contributed by atoms with Crippen LogP contribution in [0.2, 0.25) is 0 Å². The van der Waals surface area contributed by atoms with Gasteiger partial charge in [0.25, 0.3) is 0 Å². The van der Waals surface area contributed by atoms with E-state index in [-0.39, 0.29) is 11.9 Å². The molecule has 1 heterocycles. The van der Waals surface area contributed by atoms with Crippen LogP contribution in [0, 0.1) is 0 Å². The van der Waals surface area contributed by atoms with Crippen molar-refractivity contribution in [2.45, 2.75) is 32.4 Å². The average Bonchev–Trinajstić information content (AvgIpc) is 2.92. The molecule has 1 amide bonds. The van der Waals surface area contributed by atoms with Crippen LogP contribution in [0.1, 0.15) is 25.3 Å². The second-order valence-corrected chi connectivity index (χ2v) is 4.47. The Morgan fingerprint density at radius 1 is 1.44 bits per heavy atom. The summed E-state index contributed by atoms with van der Waals surface area (Å²) < 4.78 is 5.32. The van der Waals surface area contributed by atoms with Gasteiger partial charge in [-0.15, -0.1) is 0 Å². The van der Waals surface area contributed by atoms with Crippen LogP contribution in [0.5, 0.6) is 0 Å². The maximum atomic E-state index is 11.9. The monoisotopic (exact) mass is 248 g/mol. The quantitative estimate of drug-likeness (QED) is 0.837. The van der Waals surface area contributed by atoms with Crippen LogP contribution in [0.15, 0.2) is 24.3 Å². The van der Waals surface area contributed by atoms with Crippen LogP contribution in [0.4, 0.5) is 5.69 Å². The van der Waals surface area contributed by atoms with Crippen molar-refractivity contribution in [2.24, 2.45) is 0 Å². The molecular weight excluding hydrogens is 228 g/mol. The van der Waals surface area contributed by atoms with Crippen molar-refractivity contribution in [3.63, 3.8) is 0 Å². The average molecular weight is 248 g/mol. The fraction of sp³-hybridized carbons (Fsp3) is 0.500. The maximum Gasteiger partial charge on any atom is 0.241 e. The number of carbonyl (C=O) groups is 1. The van der Waals surface area contributed by atoms with Gasteiger partial charge >= 0.3 is 0 Å². The fourth-order valence-corrected chi connectivity index (χ4v) is 2.04. The van der Waals surface area contributed by atoms with Gasteiger partial charge in [-0.25, -0.2) is 0 Å². The molecule has 0 unspecified atom stereocenters. The van der Waals surface area contributed by atoms with E-state index in [0.29, 0.717) is 13.2 Å². The minimum atomic E-state index is -0.0342. The molecule has 1 aromatic rings. The maximum absolute atomic E-state index is 11.9. The molecular formula is C14H20N2O2. The van der Waals surface area contributed by atoms with E-state index in [2.05, 4.69) is 10.6 Å². The summed E-state index contributed by atoms with van der Waals surface area (Å²) in [5.74, 6) is 0.0602. The molecule has 2 N–H and O–H groups in total. The number of amides is 1. The van der Waals surface area contributed by atoms with E-state index in [1.165, 1.54) is 0 Å². The number of anilines is 1. The highest BCUT2D eigenvalue weighted by atomic mass is 16.5. The molecule has 0 radical (unpaired) electrons. The number of hydrogen-bond acceptors (Lipinski definition) is 3. The van der Waals surface area contributed by atoms with Crippen LogP contribution in [-0.4, -0.2) is 25.1 Å². The number of rotatable bonds is 5. The molecule has 1 aromatic carbocycles. The van der Waals surface area contributed by atoms with Gasteiger partial charge in [0.15, 0.2) is 0 Å². The Morgan fingerprint density at radius 2 is 2.22 bits per heavy atom. The first-order chi connectivity index (χ1) is 8.79. The summed E-state index contributed by atoms with van der Waals surface area (Å²) in [5, 5.41) is 6.11. The summed E-state index contributed by atoms with van der Waals surface area (Å²) in [6.45, 7) is 4.25. The van der Waals surface area contributed by atoms with Crippen LogP contribution in [0.25, 0.3) is 0 Å². The lowest BCUT2D eigenvalue weighted by molar-refractivity contribution is -0.117. The van der Waals surface area contributed by atoms with Crippen molar-refractivity contribution >= 4 is 11.6 Å². The van der Waals surface area contributed by atoms with E-state index in [1.54, 1.807) is 0 Å². The Bertz CT molecular complexity index is 383. The minimum absolute atomic E-state index is 0.0342. The van der Waals surface area contributed by atoms with Crippen LogP contribution >= 0.6 is 0 Å². The van der Waals surface area contributed by atoms with E-state index in [0.717, 1.165) is 30.6 Å². The Labute approximate surface area is 108 Å².